The highest BCUT2D eigenvalue weighted by atomic mass is 16.5. The first-order valence-electron chi connectivity index (χ1n) is 8.31. The second kappa shape index (κ2) is 6.95. The molecule has 1 aliphatic heterocycles. The van der Waals surface area contributed by atoms with E-state index in [9.17, 15) is 19.2 Å². The van der Waals surface area contributed by atoms with Gasteiger partial charge in [-0.15, -0.1) is 0 Å². The van der Waals surface area contributed by atoms with Crippen molar-refractivity contribution in [2.24, 2.45) is 0 Å². The molecule has 134 valence electrons. The van der Waals surface area contributed by atoms with Gasteiger partial charge in [0.1, 0.15) is 5.69 Å². The number of aromatic nitrogens is 1. The lowest BCUT2D eigenvalue weighted by Gasteiger charge is -2.19. The van der Waals surface area contributed by atoms with Gasteiger partial charge >= 0.3 is 5.97 Å². The molecule has 2 aromatic rings. The fourth-order valence-electron chi connectivity index (χ4n) is 3.10. The number of fused-ring (bicyclic) bond motifs is 1. The zero-order valence-electron chi connectivity index (χ0n) is 14.5. The molecule has 0 saturated heterocycles. The number of aldehydes is 1. The lowest BCUT2D eigenvalue weighted by atomic mass is 10.1. The lowest BCUT2D eigenvalue weighted by Crippen LogP contribution is -2.42. The molecule has 3 rings (SSSR count). The summed E-state index contributed by atoms with van der Waals surface area (Å²) in [6.45, 7) is 2.00. The average Bonchev–Trinajstić information content (AvgIpc) is 3.14. The fraction of sp³-hybridized carbons (Fsp3) is 0.263. The standard InChI is InChI=1S/C19H18N2O5/c1-3-4-7-12-10-13(11-22)20(16(12)19(25)26-2)21-17(23)14-8-5-6-9-15(14)18(21)24/h5-6,8-11H,3-4,7H2,1-2H3. The van der Waals surface area contributed by atoms with Gasteiger partial charge < -0.3 is 4.74 Å². The summed E-state index contributed by atoms with van der Waals surface area (Å²) in [7, 11) is 1.21. The summed E-state index contributed by atoms with van der Waals surface area (Å²) in [5, 5.41) is 0.829. The van der Waals surface area contributed by atoms with Crippen LogP contribution in [0.1, 0.15) is 67.0 Å². The number of esters is 1. The quantitative estimate of drug-likeness (QED) is 0.452. The number of hydrogen-bond donors (Lipinski definition) is 0. The Bertz CT molecular complexity index is 878. The van der Waals surface area contributed by atoms with E-state index in [2.05, 4.69) is 0 Å². The fourth-order valence-corrected chi connectivity index (χ4v) is 3.10. The molecule has 0 atom stereocenters. The van der Waals surface area contributed by atoms with E-state index in [-0.39, 0.29) is 22.5 Å². The number of imide groups is 1. The summed E-state index contributed by atoms with van der Waals surface area (Å²) in [5.74, 6) is -1.88. The number of rotatable bonds is 6. The highest BCUT2D eigenvalue weighted by Crippen LogP contribution is 2.26. The van der Waals surface area contributed by atoms with E-state index >= 15 is 0 Å². The average molecular weight is 354 g/mol. The van der Waals surface area contributed by atoms with Crippen LogP contribution in [0.5, 0.6) is 0 Å². The van der Waals surface area contributed by atoms with Crippen LogP contribution in [0.25, 0.3) is 0 Å². The van der Waals surface area contributed by atoms with E-state index in [0.717, 1.165) is 22.5 Å². The third-order valence-electron chi connectivity index (χ3n) is 4.35. The number of unbranched alkanes of at least 4 members (excludes halogenated alkanes) is 1. The highest BCUT2D eigenvalue weighted by molar-refractivity contribution is 6.31. The van der Waals surface area contributed by atoms with Crippen molar-refractivity contribution in [2.45, 2.75) is 26.2 Å². The van der Waals surface area contributed by atoms with Crippen molar-refractivity contribution < 1.29 is 23.9 Å². The Labute approximate surface area is 150 Å². The molecule has 0 fully saturated rings. The molecule has 7 nitrogen and oxygen atoms in total. The Morgan fingerprint density at radius 3 is 2.27 bits per heavy atom. The van der Waals surface area contributed by atoms with Crippen LogP contribution >= 0.6 is 0 Å². The van der Waals surface area contributed by atoms with Gasteiger partial charge in [-0.05, 0) is 36.6 Å². The molecule has 0 saturated carbocycles. The minimum absolute atomic E-state index is 0.0255. The Balaban J connectivity index is 2.20. The van der Waals surface area contributed by atoms with Crippen molar-refractivity contribution >= 4 is 24.1 Å². The van der Waals surface area contributed by atoms with Crippen LogP contribution in [-0.4, -0.2) is 35.9 Å². The van der Waals surface area contributed by atoms with Gasteiger partial charge in [-0.25, -0.2) is 9.47 Å². The van der Waals surface area contributed by atoms with Crippen LogP contribution in [-0.2, 0) is 11.2 Å². The lowest BCUT2D eigenvalue weighted by molar-refractivity contribution is 0.0586. The molecule has 2 amide bonds. The van der Waals surface area contributed by atoms with E-state index < -0.39 is 17.8 Å². The predicted octanol–water partition coefficient (Wildman–Crippen LogP) is 2.36. The number of aryl methyl sites for hydroxylation is 1. The molecule has 1 aromatic heterocycles. The number of amides is 2. The highest BCUT2D eigenvalue weighted by Gasteiger charge is 2.40. The number of benzene rings is 1. The van der Waals surface area contributed by atoms with Crippen molar-refractivity contribution in [3.63, 3.8) is 0 Å². The second-order valence-corrected chi connectivity index (χ2v) is 5.94. The summed E-state index contributed by atoms with van der Waals surface area (Å²) in [4.78, 5) is 49.5. The molecule has 7 heteroatoms. The maximum atomic E-state index is 12.8. The molecular formula is C19H18N2O5. The molecule has 1 aliphatic rings. The van der Waals surface area contributed by atoms with Crippen LogP contribution in [0, 0.1) is 0 Å². The predicted molar refractivity (Wildman–Crippen MR) is 93.1 cm³/mol. The van der Waals surface area contributed by atoms with Gasteiger partial charge in [-0.2, -0.15) is 5.01 Å². The van der Waals surface area contributed by atoms with Gasteiger partial charge in [0.25, 0.3) is 11.8 Å². The largest absolute Gasteiger partial charge is 0.464 e. The van der Waals surface area contributed by atoms with Crippen LogP contribution in [0.2, 0.25) is 0 Å². The van der Waals surface area contributed by atoms with Gasteiger partial charge in [0.2, 0.25) is 0 Å². The van der Waals surface area contributed by atoms with Gasteiger partial charge in [0.15, 0.2) is 12.0 Å². The number of carbonyl (C=O) groups excluding carboxylic acids is 4. The first-order chi connectivity index (χ1) is 12.5. The van der Waals surface area contributed by atoms with Gasteiger partial charge in [0, 0.05) is 0 Å². The monoisotopic (exact) mass is 354 g/mol. The number of nitrogens with zero attached hydrogens (tertiary/aromatic N) is 2. The molecule has 0 bridgehead atoms. The molecule has 0 aliphatic carbocycles. The zero-order valence-corrected chi connectivity index (χ0v) is 14.5. The minimum atomic E-state index is -0.708. The number of carbonyl (C=O) groups is 4. The maximum Gasteiger partial charge on any atom is 0.356 e. The first-order valence-corrected chi connectivity index (χ1v) is 8.31. The van der Waals surface area contributed by atoms with Gasteiger partial charge in [0.05, 0.1) is 18.2 Å². The Morgan fingerprint density at radius 1 is 1.15 bits per heavy atom. The summed E-state index contributed by atoms with van der Waals surface area (Å²) in [6, 6.07) is 7.90. The maximum absolute atomic E-state index is 12.8. The van der Waals surface area contributed by atoms with Crippen molar-refractivity contribution in [3.8, 4) is 0 Å². The first kappa shape index (κ1) is 17.6. The normalized spacial score (nSPS) is 13.1. The molecular weight excluding hydrogens is 336 g/mol. The van der Waals surface area contributed by atoms with Crippen molar-refractivity contribution in [3.05, 3.63) is 58.4 Å². The van der Waals surface area contributed by atoms with E-state index in [1.807, 2.05) is 6.92 Å². The van der Waals surface area contributed by atoms with Crippen LogP contribution in [0.15, 0.2) is 30.3 Å². The van der Waals surface area contributed by atoms with E-state index in [0.29, 0.717) is 18.3 Å². The summed E-state index contributed by atoms with van der Waals surface area (Å²) >= 11 is 0. The SMILES string of the molecule is CCCCc1cc(C=O)n(N2C(=O)c3ccccc3C2=O)c1C(=O)OC. The van der Waals surface area contributed by atoms with Gasteiger partial charge in [-0.3, -0.25) is 14.4 Å². The molecule has 1 aromatic carbocycles. The molecule has 2 heterocycles. The van der Waals surface area contributed by atoms with Crippen LogP contribution in [0.4, 0.5) is 0 Å². The van der Waals surface area contributed by atoms with Crippen LogP contribution < -0.4 is 5.01 Å². The Kier molecular flexibility index (Phi) is 4.71. The molecule has 0 spiro atoms. The number of ether oxygens (including phenoxy) is 1. The van der Waals surface area contributed by atoms with Crippen molar-refractivity contribution in [1.29, 1.82) is 0 Å². The topological polar surface area (TPSA) is 85.7 Å². The Morgan fingerprint density at radius 2 is 1.77 bits per heavy atom. The molecule has 0 radical (unpaired) electrons. The minimum Gasteiger partial charge on any atom is -0.464 e. The van der Waals surface area contributed by atoms with Crippen molar-refractivity contribution in [2.75, 3.05) is 12.1 Å². The second-order valence-electron chi connectivity index (χ2n) is 5.94. The zero-order chi connectivity index (χ0) is 18.8. The molecule has 0 unspecified atom stereocenters. The smallest absolute Gasteiger partial charge is 0.356 e. The van der Waals surface area contributed by atoms with Crippen molar-refractivity contribution in [1.82, 2.24) is 4.68 Å². The third kappa shape index (κ3) is 2.61. The third-order valence-corrected chi connectivity index (χ3v) is 4.35. The number of hydrogen-bond acceptors (Lipinski definition) is 5. The van der Waals surface area contributed by atoms with E-state index in [4.69, 9.17) is 4.74 Å². The number of methoxy groups -OCH3 is 1. The summed E-state index contributed by atoms with van der Waals surface area (Å²) in [6.07, 6.45) is 2.72. The molecule has 26 heavy (non-hydrogen) atoms. The van der Waals surface area contributed by atoms with E-state index in [1.165, 1.54) is 25.3 Å². The summed E-state index contributed by atoms with van der Waals surface area (Å²) < 4.78 is 5.92. The Hall–Kier alpha value is -3.22. The van der Waals surface area contributed by atoms with E-state index in [1.54, 1.807) is 12.1 Å². The van der Waals surface area contributed by atoms with Crippen LogP contribution in [0.3, 0.4) is 0 Å². The summed E-state index contributed by atoms with van der Waals surface area (Å²) in [5.41, 5.74) is 1.10. The van der Waals surface area contributed by atoms with Gasteiger partial charge in [-0.1, -0.05) is 25.5 Å². The molecule has 0 N–H and O–H groups in total.